The van der Waals surface area contributed by atoms with E-state index in [-0.39, 0.29) is 10.9 Å². The van der Waals surface area contributed by atoms with Gasteiger partial charge in [0.1, 0.15) is 11.6 Å². The molecule has 2 heterocycles. The topological polar surface area (TPSA) is 54.6 Å². The average molecular weight is 402 g/mol. The largest absolute Gasteiger partial charge is 0.450 e. The van der Waals surface area contributed by atoms with Crippen molar-refractivity contribution < 1.29 is 13.6 Å². The van der Waals surface area contributed by atoms with Crippen molar-refractivity contribution in [3.8, 4) is 0 Å². The molecule has 1 aliphatic rings. The maximum atomic E-state index is 13.1. The molecule has 0 spiro atoms. The van der Waals surface area contributed by atoms with E-state index in [1.807, 2.05) is 0 Å². The van der Waals surface area contributed by atoms with Gasteiger partial charge in [-0.25, -0.2) is 9.38 Å². The summed E-state index contributed by atoms with van der Waals surface area (Å²) in [6.45, 7) is 0. The lowest BCUT2D eigenvalue weighted by Crippen LogP contribution is -2.19. The van der Waals surface area contributed by atoms with Gasteiger partial charge in [0.25, 0.3) is 5.91 Å². The van der Waals surface area contributed by atoms with Crippen LogP contribution in [-0.2, 0) is 4.79 Å². The predicted octanol–water partition coefficient (Wildman–Crippen LogP) is 4.73. The number of nitrogens with one attached hydrogen (secondary N) is 1. The summed E-state index contributed by atoms with van der Waals surface area (Å²) in [6.07, 6.45) is 1.62. The van der Waals surface area contributed by atoms with Crippen molar-refractivity contribution in [3.63, 3.8) is 0 Å². The maximum absolute atomic E-state index is 13.1. The molecular formula is C14H7BrClFN2O2S. The van der Waals surface area contributed by atoms with Crippen LogP contribution in [0.4, 0.5) is 10.1 Å². The van der Waals surface area contributed by atoms with Crippen LogP contribution in [-0.4, -0.2) is 11.1 Å². The summed E-state index contributed by atoms with van der Waals surface area (Å²) < 4.78 is 19.0. The first-order valence-electron chi connectivity index (χ1n) is 6.01. The third-order valence-electron chi connectivity index (χ3n) is 2.65. The van der Waals surface area contributed by atoms with Crippen molar-refractivity contribution in [2.24, 2.45) is 4.99 Å². The summed E-state index contributed by atoms with van der Waals surface area (Å²) in [4.78, 5) is 16.6. The van der Waals surface area contributed by atoms with E-state index in [9.17, 15) is 9.18 Å². The fourth-order valence-electron chi connectivity index (χ4n) is 1.69. The summed E-state index contributed by atoms with van der Waals surface area (Å²) in [7, 11) is 0. The third kappa shape index (κ3) is 3.43. The first-order valence-corrected chi connectivity index (χ1v) is 8.00. The Labute approximate surface area is 142 Å². The van der Waals surface area contributed by atoms with Crippen molar-refractivity contribution in [1.29, 1.82) is 0 Å². The number of amidine groups is 1. The van der Waals surface area contributed by atoms with Gasteiger partial charge in [0.2, 0.25) is 0 Å². The number of nitrogens with zero attached hydrogens (tertiary/aromatic N) is 1. The second-order valence-corrected chi connectivity index (χ2v) is 6.44. The van der Waals surface area contributed by atoms with Crippen LogP contribution in [0.1, 0.15) is 5.76 Å². The summed E-state index contributed by atoms with van der Waals surface area (Å²) in [6, 6.07) is 7.56. The Hall–Kier alpha value is -1.57. The zero-order chi connectivity index (χ0) is 15.7. The van der Waals surface area contributed by atoms with Gasteiger partial charge in [0.05, 0.1) is 15.6 Å². The molecule has 1 aromatic heterocycles. The second-order valence-electron chi connectivity index (χ2n) is 4.22. The van der Waals surface area contributed by atoms with Crippen molar-refractivity contribution in [3.05, 3.63) is 56.5 Å². The van der Waals surface area contributed by atoms with Crippen molar-refractivity contribution in [1.82, 2.24) is 5.32 Å². The van der Waals surface area contributed by atoms with E-state index in [2.05, 4.69) is 26.2 Å². The summed E-state index contributed by atoms with van der Waals surface area (Å²) in [5.74, 6) is -0.238. The molecule has 1 aromatic carbocycles. The molecule has 8 heteroatoms. The van der Waals surface area contributed by atoms with E-state index in [4.69, 9.17) is 16.0 Å². The smallest absolute Gasteiger partial charge is 0.264 e. The zero-order valence-electron chi connectivity index (χ0n) is 10.8. The minimum atomic E-state index is -0.516. The molecule has 0 atom stereocenters. The normalized spacial score (nSPS) is 18.2. The van der Waals surface area contributed by atoms with Gasteiger partial charge in [0.15, 0.2) is 9.84 Å². The summed E-state index contributed by atoms with van der Waals surface area (Å²) >= 11 is 10.1. The van der Waals surface area contributed by atoms with Crippen LogP contribution in [0, 0.1) is 5.82 Å². The lowest BCUT2D eigenvalue weighted by atomic mass is 10.3. The Morgan fingerprint density at radius 2 is 2.18 bits per heavy atom. The van der Waals surface area contributed by atoms with Gasteiger partial charge in [-0.1, -0.05) is 11.6 Å². The van der Waals surface area contributed by atoms with E-state index in [0.717, 1.165) is 0 Å². The molecule has 1 aliphatic heterocycles. The van der Waals surface area contributed by atoms with Crippen molar-refractivity contribution in [2.45, 2.75) is 0 Å². The Morgan fingerprint density at radius 3 is 2.86 bits per heavy atom. The number of rotatable bonds is 2. The first-order chi connectivity index (χ1) is 10.5. The number of amides is 1. The van der Waals surface area contributed by atoms with E-state index < -0.39 is 5.82 Å². The Bertz CT molecular complexity index is 819. The summed E-state index contributed by atoms with van der Waals surface area (Å²) in [5.41, 5.74) is 0.455. The molecule has 3 rings (SSSR count). The number of furan rings is 1. The van der Waals surface area contributed by atoms with Gasteiger partial charge in [-0.2, -0.15) is 0 Å². The van der Waals surface area contributed by atoms with Gasteiger partial charge in [-0.3, -0.25) is 4.79 Å². The number of hydrogen-bond acceptors (Lipinski definition) is 4. The average Bonchev–Trinajstić information content (AvgIpc) is 3.01. The molecule has 1 saturated heterocycles. The van der Waals surface area contributed by atoms with Crippen molar-refractivity contribution >= 4 is 62.1 Å². The van der Waals surface area contributed by atoms with Gasteiger partial charge >= 0.3 is 0 Å². The van der Waals surface area contributed by atoms with E-state index in [1.165, 1.54) is 30.0 Å². The molecule has 0 aliphatic carbocycles. The number of carbonyl (C=O) groups is 1. The minimum absolute atomic E-state index is 0.0209. The quantitative estimate of drug-likeness (QED) is 0.740. The van der Waals surface area contributed by atoms with Crippen LogP contribution in [0.5, 0.6) is 0 Å². The molecule has 0 bridgehead atoms. The van der Waals surface area contributed by atoms with Crippen LogP contribution < -0.4 is 5.32 Å². The van der Waals surface area contributed by atoms with E-state index in [0.29, 0.717) is 26.2 Å². The van der Waals surface area contributed by atoms with Crippen LogP contribution in [0.3, 0.4) is 0 Å². The third-order valence-corrected chi connectivity index (χ3v) is 4.28. The van der Waals surface area contributed by atoms with Crippen LogP contribution in [0.25, 0.3) is 6.08 Å². The maximum Gasteiger partial charge on any atom is 0.264 e. The second kappa shape index (κ2) is 6.28. The van der Waals surface area contributed by atoms with Crippen LogP contribution in [0.15, 0.2) is 49.3 Å². The lowest BCUT2D eigenvalue weighted by molar-refractivity contribution is -0.115. The standard InChI is InChI=1S/C14H7BrClFN2O2S/c15-12-4-2-8(21-12)6-11-13(20)19-14(22-11)18-7-1-3-10(17)9(16)5-7/h1-6H,(H,18,19,20)/b11-6+. The molecule has 1 fully saturated rings. The van der Waals surface area contributed by atoms with Crippen LogP contribution in [0.2, 0.25) is 5.02 Å². The number of aliphatic imine (C=N–C) groups is 1. The highest BCUT2D eigenvalue weighted by Gasteiger charge is 2.24. The number of thioether (sulfide) groups is 1. The first kappa shape index (κ1) is 15.3. The van der Waals surface area contributed by atoms with Gasteiger partial charge < -0.3 is 9.73 Å². The predicted molar refractivity (Wildman–Crippen MR) is 88.6 cm³/mol. The van der Waals surface area contributed by atoms with Gasteiger partial charge in [-0.05, 0) is 58.0 Å². The van der Waals surface area contributed by atoms with Gasteiger partial charge in [-0.15, -0.1) is 0 Å². The molecule has 112 valence electrons. The molecule has 4 nitrogen and oxygen atoms in total. The Morgan fingerprint density at radius 1 is 1.36 bits per heavy atom. The molecule has 0 radical (unpaired) electrons. The highest BCUT2D eigenvalue weighted by atomic mass is 79.9. The minimum Gasteiger partial charge on any atom is -0.450 e. The molecule has 1 amide bonds. The number of hydrogen-bond donors (Lipinski definition) is 1. The molecular weight excluding hydrogens is 395 g/mol. The van der Waals surface area contributed by atoms with Crippen LogP contribution >= 0.6 is 39.3 Å². The summed E-state index contributed by atoms with van der Waals surface area (Å²) in [5, 5.41) is 3.00. The number of halogens is 3. The highest BCUT2D eigenvalue weighted by Crippen LogP contribution is 2.30. The fraction of sp³-hybridized carbons (Fsp3) is 0. The molecule has 0 unspecified atom stereocenters. The number of carbonyl (C=O) groups excluding carboxylic acids is 1. The van der Waals surface area contributed by atoms with E-state index in [1.54, 1.807) is 18.2 Å². The lowest BCUT2D eigenvalue weighted by Gasteiger charge is -1.98. The Kier molecular flexibility index (Phi) is 4.37. The monoisotopic (exact) mass is 400 g/mol. The van der Waals surface area contributed by atoms with E-state index >= 15 is 0 Å². The van der Waals surface area contributed by atoms with Gasteiger partial charge in [0, 0.05) is 6.08 Å². The molecule has 1 N–H and O–H groups in total. The molecule has 0 saturated carbocycles. The van der Waals surface area contributed by atoms with Crippen molar-refractivity contribution in [2.75, 3.05) is 0 Å². The number of benzene rings is 1. The molecule has 22 heavy (non-hydrogen) atoms. The fourth-order valence-corrected chi connectivity index (χ4v) is 3.00. The SMILES string of the molecule is O=C1NC(=Nc2ccc(F)c(Cl)c2)S/C1=C/c1ccc(Br)o1. The Balaban J connectivity index is 1.83. The zero-order valence-corrected chi connectivity index (χ0v) is 13.9. The highest BCUT2D eigenvalue weighted by molar-refractivity contribution is 9.10. The molecule has 2 aromatic rings.